The molecule has 0 aliphatic rings. The van der Waals surface area contributed by atoms with Crippen LogP contribution in [0.25, 0.3) is 0 Å². The highest BCUT2D eigenvalue weighted by atomic mass is 35.5. The van der Waals surface area contributed by atoms with Gasteiger partial charge in [0.2, 0.25) is 0 Å². The number of benzene rings is 2. The highest BCUT2D eigenvalue weighted by Gasteiger charge is 2.17. The molecule has 4 nitrogen and oxygen atoms in total. The molecule has 0 heterocycles. The Kier molecular flexibility index (Phi) is 8.75. The molecule has 0 saturated heterocycles. The quantitative estimate of drug-likeness (QED) is 0.334. The lowest BCUT2D eigenvalue weighted by atomic mass is 10.0. The van der Waals surface area contributed by atoms with E-state index in [-0.39, 0.29) is 53.8 Å². The number of carbonyl (C=O) groups is 2. The van der Waals surface area contributed by atoms with Crippen molar-refractivity contribution in [2.24, 2.45) is 0 Å². The van der Waals surface area contributed by atoms with Gasteiger partial charge < -0.3 is 9.47 Å². The molecule has 0 unspecified atom stereocenters. The second kappa shape index (κ2) is 11.0. The first-order valence-electron chi connectivity index (χ1n) is 9.77. The van der Waals surface area contributed by atoms with Gasteiger partial charge in [0.05, 0.1) is 11.4 Å². The first-order valence-corrected chi connectivity index (χ1v) is 10.1. The van der Waals surface area contributed by atoms with Crippen LogP contribution in [0.15, 0.2) is 54.4 Å². The van der Waals surface area contributed by atoms with Crippen molar-refractivity contribution in [3.05, 3.63) is 76.3 Å². The van der Waals surface area contributed by atoms with Crippen molar-refractivity contribution in [1.29, 1.82) is 0 Å². The third-order valence-corrected chi connectivity index (χ3v) is 4.46. The van der Waals surface area contributed by atoms with Gasteiger partial charge in [-0.05, 0) is 68.7 Å². The van der Waals surface area contributed by atoms with Crippen LogP contribution >= 0.6 is 11.6 Å². The number of Topliss-reactive ketones (excluding diaryl/α,β-unsaturated/α-hetero) is 1. The summed E-state index contributed by atoms with van der Waals surface area (Å²) in [6.07, 6.45) is 0.688. The molecule has 0 fully saturated rings. The minimum Gasteiger partial charge on any atom is -0.488 e. The number of rotatable bonds is 9. The van der Waals surface area contributed by atoms with Crippen molar-refractivity contribution in [3.63, 3.8) is 0 Å². The molecule has 0 radical (unpaired) electrons. The maximum atomic E-state index is 13.2. The minimum absolute atomic E-state index is 0.0287. The zero-order valence-corrected chi connectivity index (χ0v) is 18.5. The Bertz CT molecular complexity index is 947. The monoisotopic (exact) mass is 450 g/mol. The van der Waals surface area contributed by atoms with Crippen LogP contribution in [0, 0.1) is 5.82 Å². The molecule has 0 saturated carbocycles. The van der Waals surface area contributed by atoms with E-state index in [4.69, 9.17) is 21.1 Å². The normalized spacial score (nSPS) is 11.9. The summed E-state index contributed by atoms with van der Waals surface area (Å²) in [5, 5.41) is 0.204. The van der Waals surface area contributed by atoms with Gasteiger partial charge in [0, 0.05) is 18.4 Å². The van der Waals surface area contributed by atoms with E-state index >= 15 is 0 Å². The Labute approximate surface area is 185 Å². The van der Waals surface area contributed by atoms with Gasteiger partial charge in [-0.25, -0.2) is 8.78 Å². The second-order valence-electron chi connectivity index (χ2n) is 8.01. The highest BCUT2D eigenvalue weighted by Crippen LogP contribution is 2.27. The second-order valence-corrected chi connectivity index (χ2v) is 8.42. The topological polar surface area (TPSA) is 52.6 Å². The molecule has 0 aromatic heterocycles. The van der Waals surface area contributed by atoms with Gasteiger partial charge in [-0.2, -0.15) is 0 Å². The summed E-state index contributed by atoms with van der Waals surface area (Å²) in [7, 11) is 0. The largest absolute Gasteiger partial charge is 0.488 e. The summed E-state index contributed by atoms with van der Waals surface area (Å²) < 4.78 is 36.9. The molecule has 2 aromatic rings. The molecule has 0 atom stereocenters. The number of hydrogen-bond donors (Lipinski definition) is 0. The number of carbonyl (C=O) groups excluding carboxylic acids is 2. The smallest absolute Gasteiger partial charge is 0.306 e. The molecular weight excluding hydrogens is 426 g/mol. The third-order valence-electron chi connectivity index (χ3n) is 4.17. The van der Waals surface area contributed by atoms with E-state index in [0.29, 0.717) is 17.5 Å². The lowest BCUT2D eigenvalue weighted by Crippen LogP contribution is -2.23. The van der Waals surface area contributed by atoms with Gasteiger partial charge >= 0.3 is 5.97 Å². The standard InChI is InChI=1S/C24H25ClF2O4/c1-24(2,3)31-23(29)11-6-17(14-26)15-30-22-10-7-18(13-20(22)25)21(28)12-16-4-8-19(27)9-5-16/h4-5,7-10,13-14H,6,11-12,15H2,1-3H3. The van der Waals surface area contributed by atoms with Crippen molar-refractivity contribution in [2.45, 2.75) is 45.6 Å². The molecule has 0 aliphatic carbocycles. The summed E-state index contributed by atoms with van der Waals surface area (Å²) >= 11 is 6.21. The summed E-state index contributed by atoms with van der Waals surface area (Å²) in [5.41, 5.74) is 0.744. The van der Waals surface area contributed by atoms with E-state index in [1.54, 1.807) is 39.0 Å². The van der Waals surface area contributed by atoms with Gasteiger partial charge in [-0.1, -0.05) is 23.7 Å². The lowest BCUT2D eigenvalue weighted by molar-refractivity contribution is -0.154. The van der Waals surface area contributed by atoms with Crippen LogP contribution in [0.5, 0.6) is 5.75 Å². The van der Waals surface area contributed by atoms with Crippen LogP contribution in [0.2, 0.25) is 5.02 Å². The van der Waals surface area contributed by atoms with Crippen LogP contribution in [-0.4, -0.2) is 24.0 Å². The Morgan fingerprint density at radius 1 is 1.06 bits per heavy atom. The fourth-order valence-corrected chi connectivity index (χ4v) is 2.90. The van der Waals surface area contributed by atoms with Crippen molar-refractivity contribution >= 4 is 23.4 Å². The van der Waals surface area contributed by atoms with Crippen LogP contribution in [0.1, 0.15) is 49.5 Å². The zero-order chi connectivity index (χ0) is 23.0. The summed E-state index contributed by atoms with van der Waals surface area (Å²) in [6, 6.07) is 10.3. The first kappa shape index (κ1) is 24.5. The van der Waals surface area contributed by atoms with E-state index in [0.717, 1.165) is 0 Å². The molecule has 0 bridgehead atoms. The molecule has 166 valence electrons. The summed E-state index contributed by atoms with van der Waals surface area (Å²) in [4.78, 5) is 24.2. The van der Waals surface area contributed by atoms with Crippen LogP contribution in [0.3, 0.4) is 0 Å². The lowest BCUT2D eigenvalue weighted by Gasteiger charge is -2.19. The van der Waals surface area contributed by atoms with Gasteiger partial charge in [-0.3, -0.25) is 9.59 Å². The summed E-state index contributed by atoms with van der Waals surface area (Å²) in [6.45, 7) is 5.18. The van der Waals surface area contributed by atoms with Crippen LogP contribution in [0.4, 0.5) is 8.78 Å². The van der Waals surface area contributed by atoms with E-state index in [2.05, 4.69) is 0 Å². The molecule has 31 heavy (non-hydrogen) atoms. The van der Waals surface area contributed by atoms with E-state index in [9.17, 15) is 18.4 Å². The summed E-state index contributed by atoms with van der Waals surface area (Å²) in [5.74, 6) is -0.680. The predicted molar refractivity (Wildman–Crippen MR) is 116 cm³/mol. The van der Waals surface area contributed by atoms with E-state index < -0.39 is 11.6 Å². The zero-order valence-electron chi connectivity index (χ0n) is 17.7. The van der Waals surface area contributed by atoms with E-state index in [1.807, 2.05) is 0 Å². The van der Waals surface area contributed by atoms with Gasteiger partial charge in [-0.15, -0.1) is 0 Å². The average molecular weight is 451 g/mol. The highest BCUT2D eigenvalue weighted by molar-refractivity contribution is 6.32. The Balaban J connectivity index is 1.91. The number of esters is 1. The number of ether oxygens (including phenoxy) is 2. The van der Waals surface area contributed by atoms with Crippen molar-refractivity contribution < 1.29 is 27.8 Å². The average Bonchev–Trinajstić information content (AvgIpc) is 2.69. The number of halogens is 3. The number of hydrogen-bond acceptors (Lipinski definition) is 4. The first-order chi connectivity index (χ1) is 14.6. The van der Waals surface area contributed by atoms with Crippen molar-refractivity contribution in [1.82, 2.24) is 0 Å². The Morgan fingerprint density at radius 3 is 2.32 bits per heavy atom. The predicted octanol–water partition coefficient (Wildman–Crippen LogP) is 6.26. The molecule has 7 heteroatoms. The fourth-order valence-electron chi connectivity index (χ4n) is 2.66. The third kappa shape index (κ3) is 8.50. The SMILES string of the molecule is CC(C)(C)OC(=O)CCC(=CF)COc1ccc(C(=O)Cc2ccc(F)cc2)cc1Cl. The van der Waals surface area contributed by atoms with Crippen LogP contribution in [-0.2, 0) is 16.0 Å². The molecular formula is C24H25ClF2O4. The van der Waals surface area contributed by atoms with Crippen molar-refractivity contribution in [2.75, 3.05) is 6.61 Å². The molecule has 0 amide bonds. The molecule has 2 rings (SSSR count). The van der Waals surface area contributed by atoms with Gasteiger partial charge in [0.25, 0.3) is 0 Å². The molecule has 0 spiro atoms. The number of ketones is 1. The molecule has 2 aromatic carbocycles. The van der Waals surface area contributed by atoms with Gasteiger partial charge in [0.1, 0.15) is 23.8 Å². The Morgan fingerprint density at radius 2 is 1.74 bits per heavy atom. The molecule has 0 aliphatic heterocycles. The van der Waals surface area contributed by atoms with Crippen LogP contribution < -0.4 is 4.74 Å². The van der Waals surface area contributed by atoms with E-state index in [1.165, 1.54) is 24.3 Å². The maximum absolute atomic E-state index is 13.2. The fraction of sp³-hybridized carbons (Fsp3) is 0.333. The van der Waals surface area contributed by atoms with Gasteiger partial charge in [0.15, 0.2) is 5.78 Å². The van der Waals surface area contributed by atoms with Crippen molar-refractivity contribution in [3.8, 4) is 5.75 Å². The minimum atomic E-state index is -0.601. The molecule has 0 N–H and O–H groups in total. The Hall–Kier alpha value is -2.73. The maximum Gasteiger partial charge on any atom is 0.306 e.